The van der Waals surface area contributed by atoms with Gasteiger partial charge in [0.1, 0.15) is 0 Å². The molecule has 0 atom stereocenters. The summed E-state index contributed by atoms with van der Waals surface area (Å²) in [6.45, 7) is 3.76. The first-order valence-electron chi connectivity index (χ1n) is 7.29. The van der Waals surface area contributed by atoms with Crippen LogP contribution in [-0.4, -0.2) is 11.7 Å². The summed E-state index contributed by atoms with van der Waals surface area (Å²) >= 11 is 0. The number of amides is 1. The molecule has 0 spiro atoms. The minimum Gasteiger partial charge on any atom is -0.322 e. The van der Waals surface area contributed by atoms with Gasteiger partial charge in [-0.05, 0) is 25.5 Å². The van der Waals surface area contributed by atoms with Crippen molar-refractivity contribution >= 4 is 17.4 Å². The quantitative estimate of drug-likeness (QED) is 0.663. The Morgan fingerprint density at radius 1 is 1.00 bits per heavy atom. The smallest absolute Gasteiger partial charge is 0.250 e. The number of benzene rings is 2. The van der Waals surface area contributed by atoms with E-state index >= 15 is 0 Å². The monoisotopic (exact) mass is 293 g/mol. The third-order valence-electron chi connectivity index (χ3n) is 3.29. The van der Waals surface area contributed by atoms with Crippen LogP contribution in [-0.2, 0) is 4.79 Å². The highest BCUT2D eigenvalue weighted by atomic mass is 16.1. The molecule has 0 unspecified atom stereocenters. The molecule has 0 radical (unpaired) electrons. The zero-order valence-corrected chi connectivity index (χ0v) is 12.8. The minimum absolute atomic E-state index is 0.0579. The number of carbonyl (C=O) groups is 2. The molecule has 2 aromatic carbocycles. The molecule has 0 aliphatic rings. The highest BCUT2D eigenvalue weighted by molar-refractivity contribution is 6.10. The first kappa shape index (κ1) is 15.7. The first-order valence-corrected chi connectivity index (χ1v) is 7.29. The molecule has 1 N–H and O–H groups in total. The fourth-order valence-electron chi connectivity index (χ4n) is 2.12. The van der Waals surface area contributed by atoms with Crippen LogP contribution in [0.5, 0.6) is 0 Å². The average Bonchev–Trinajstić information content (AvgIpc) is 2.55. The van der Waals surface area contributed by atoms with E-state index in [1.54, 1.807) is 43.3 Å². The summed E-state index contributed by atoms with van der Waals surface area (Å²) in [6.07, 6.45) is 2.68. The summed E-state index contributed by atoms with van der Waals surface area (Å²) in [5, 5.41) is 2.81. The first-order chi connectivity index (χ1) is 10.6. The van der Waals surface area contributed by atoms with Crippen LogP contribution in [0, 0.1) is 0 Å². The van der Waals surface area contributed by atoms with Gasteiger partial charge in [0.15, 0.2) is 5.78 Å². The van der Waals surface area contributed by atoms with Crippen molar-refractivity contribution in [1.29, 1.82) is 0 Å². The average molecular weight is 293 g/mol. The molecule has 0 heterocycles. The Labute approximate surface area is 130 Å². The molecule has 2 aromatic rings. The van der Waals surface area contributed by atoms with Gasteiger partial charge in [0.2, 0.25) is 0 Å². The summed E-state index contributed by atoms with van der Waals surface area (Å²) in [5.41, 5.74) is 2.48. The lowest BCUT2D eigenvalue weighted by molar-refractivity contribution is -0.112. The third kappa shape index (κ3) is 3.92. The molecule has 112 valence electrons. The van der Waals surface area contributed by atoms with Crippen LogP contribution >= 0.6 is 0 Å². The summed E-state index contributed by atoms with van der Waals surface area (Å²) in [6, 6.07) is 16.1. The zero-order chi connectivity index (χ0) is 15.9. The van der Waals surface area contributed by atoms with Crippen molar-refractivity contribution in [3.63, 3.8) is 0 Å². The van der Waals surface area contributed by atoms with E-state index in [0.29, 0.717) is 22.4 Å². The summed E-state index contributed by atoms with van der Waals surface area (Å²) < 4.78 is 0. The summed E-state index contributed by atoms with van der Waals surface area (Å²) in [4.78, 5) is 24.4. The van der Waals surface area contributed by atoms with E-state index in [1.807, 2.05) is 31.2 Å². The maximum Gasteiger partial charge on any atom is 0.250 e. The molecule has 0 saturated carbocycles. The van der Waals surface area contributed by atoms with E-state index in [-0.39, 0.29) is 11.7 Å². The molecule has 2 rings (SSSR count). The van der Waals surface area contributed by atoms with Crippen molar-refractivity contribution in [2.45, 2.75) is 20.3 Å². The number of ketones is 1. The van der Waals surface area contributed by atoms with Crippen LogP contribution in [0.4, 0.5) is 5.69 Å². The van der Waals surface area contributed by atoms with Gasteiger partial charge in [-0.15, -0.1) is 0 Å². The third-order valence-corrected chi connectivity index (χ3v) is 3.29. The van der Waals surface area contributed by atoms with Crippen LogP contribution < -0.4 is 5.32 Å². The Morgan fingerprint density at radius 3 is 2.36 bits per heavy atom. The van der Waals surface area contributed by atoms with E-state index in [0.717, 1.165) is 6.42 Å². The Morgan fingerprint density at radius 2 is 1.68 bits per heavy atom. The van der Waals surface area contributed by atoms with Gasteiger partial charge in [-0.25, -0.2) is 0 Å². The van der Waals surface area contributed by atoms with Crippen LogP contribution in [0.1, 0.15) is 36.2 Å². The number of anilines is 1. The number of hydrogen-bond acceptors (Lipinski definition) is 2. The second kappa shape index (κ2) is 7.36. The Hall–Kier alpha value is -2.68. The van der Waals surface area contributed by atoms with Crippen LogP contribution in [0.15, 0.2) is 66.2 Å². The molecule has 1 amide bonds. The molecule has 0 fully saturated rings. The summed E-state index contributed by atoms with van der Waals surface area (Å²) in [5.74, 6) is -0.205. The van der Waals surface area contributed by atoms with E-state index < -0.39 is 0 Å². The fourth-order valence-corrected chi connectivity index (χ4v) is 2.12. The van der Waals surface area contributed by atoms with Crippen molar-refractivity contribution in [2.75, 3.05) is 5.32 Å². The Balaban J connectivity index is 2.19. The van der Waals surface area contributed by atoms with E-state index in [2.05, 4.69) is 5.32 Å². The van der Waals surface area contributed by atoms with E-state index in [4.69, 9.17) is 0 Å². The van der Waals surface area contributed by atoms with Gasteiger partial charge in [0, 0.05) is 22.4 Å². The molecular formula is C19H19NO2. The van der Waals surface area contributed by atoms with E-state index in [1.165, 1.54) is 0 Å². The maximum atomic E-state index is 12.4. The van der Waals surface area contributed by atoms with Crippen molar-refractivity contribution in [3.05, 3.63) is 77.4 Å². The lowest BCUT2D eigenvalue weighted by Gasteiger charge is -2.07. The van der Waals surface area contributed by atoms with Gasteiger partial charge < -0.3 is 5.32 Å². The molecule has 0 bridgehead atoms. The molecule has 0 aromatic heterocycles. The standard InChI is InChI=1S/C19H19NO2/c1-3-8-14(2)19(22)20-17-12-7-11-16(13-17)18(21)15-9-5-4-6-10-15/h4-13H,3H2,1-2H3,(H,20,22)/b14-8-. The van der Waals surface area contributed by atoms with Gasteiger partial charge in [-0.1, -0.05) is 55.5 Å². The van der Waals surface area contributed by atoms with Gasteiger partial charge in [-0.3, -0.25) is 9.59 Å². The number of carbonyl (C=O) groups excluding carboxylic acids is 2. The van der Waals surface area contributed by atoms with Gasteiger partial charge >= 0.3 is 0 Å². The number of hydrogen-bond donors (Lipinski definition) is 1. The lowest BCUT2D eigenvalue weighted by Crippen LogP contribution is -2.13. The van der Waals surface area contributed by atoms with Gasteiger partial charge in [-0.2, -0.15) is 0 Å². The zero-order valence-electron chi connectivity index (χ0n) is 12.8. The number of nitrogens with one attached hydrogen (secondary N) is 1. The summed E-state index contributed by atoms with van der Waals surface area (Å²) in [7, 11) is 0. The van der Waals surface area contributed by atoms with Crippen LogP contribution in [0.3, 0.4) is 0 Å². The van der Waals surface area contributed by atoms with Crippen molar-refractivity contribution in [2.24, 2.45) is 0 Å². The molecule has 0 aliphatic carbocycles. The van der Waals surface area contributed by atoms with Gasteiger partial charge in [0.25, 0.3) is 5.91 Å². The molecule has 22 heavy (non-hydrogen) atoms. The largest absolute Gasteiger partial charge is 0.322 e. The fraction of sp³-hybridized carbons (Fsp3) is 0.158. The topological polar surface area (TPSA) is 46.2 Å². The highest BCUT2D eigenvalue weighted by Crippen LogP contribution is 2.15. The maximum absolute atomic E-state index is 12.4. The van der Waals surface area contributed by atoms with Crippen molar-refractivity contribution < 1.29 is 9.59 Å². The molecule has 3 nitrogen and oxygen atoms in total. The second-order valence-corrected chi connectivity index (χ2v) is 5.03. The van der Waals surface area contributed by atoms with Gasteiger partial charge in [0.05, 0.1) is 0 Å². The Bertz CT molecular complexity index is 702. The minimum atomic E-state index is -0.147. The molecule has 0 aliphatic heterocycles. The highest BCUT2D eigenvalue weighted by Gasteiger charge is 2.10. The van der Waals surface area contributed by atoms with Crippen LogP contribution in [0.25, 0.3) is 0 Å². The SMILES string of the molecule is CC/C=C(/C)C(=O)Nc1cccc(C(=O)c2ccccc2)c1. The van der Waals surface area contributed by atoms with Crippen LogP contribution in [0.2, 0.25) is 0 Å². The predicted octanol–water partition coefficient (Wildman–Crippen LogP) is 4.21. The Kier molecular flexibility index (Phi) is 5.26. The second-order valence-electron chi connectivity index (χ2n) is 5.03. The molecule has 0 saturated heterocycles. The lowest BCUT2D eigenvalue weighted by atomic mass is 10.0. The molecule has 3 heteroatoms. The number of rotatable bonds is 5. The predicted molar refractivity (Wildman–Crippen MR) is 89.0 cm³/mol. The van der Waals surface area contributed by atoms with E-state index in [9.17, 15) is 9.59 Å². The van der Waals surface area contributed by atoms with Crippen molar-refractivity contribution in [3.8, 4) is 0 Å². The number of allylic oxidation sites excluding steroid dienone is 1. The normalized spacial score (nSPS) is 11.1. The van der Waals surface area contributed by atoms with Crippen molar-refractivity contribution in [1.82, 2.24) is 0 Å². The molecular weight excluding hydrogens is 274 g/mol.